The number of nitrogens with zero attached hydrogens (tertiary/aromatic N) is 1. The molecule has 0 radical (unpaired) electrons. The number of rotatable bonds is 8. The lowest BCUT2D eigenvalue weighted by Crippen LogP contribution is -2.16. The summed E-state index contributed by atoms with van der Waals surface area (Å²) in [7, 11) is 0. The third-order valence-electron chi connectivity index (χ3n) is 13.4. The summed E-state index contributed by atoms with van der Waals surface area (Å²) in [5, 5.41) is 2.26. The van der Waals surface area contributed by atoms with E-state index in [0.717, 1.165) is 50.1 Å². The largest absolute Gasteiger partial charge is 0.456 e. The van der Waals surface area contributed by atoms with Crippen LogP contribution in [0.4, 0.5) is 17.1 Å². The number of hydrogen-bond acceptors (Lipinski definition) is 2. The van der Waals surface area contributed by atoms with Crippen molar-refractivity contribution in [3.63, 3.8) is 0 Å². The first-order chi connectivity index (χ1) is 32.0. The van der Waals surface area contributed by atoms with E-state index < -0.39 is 0 Å². The monoisotopic (exact) mass is 831 g/mol. The van der Waals surface area contributed by atoms with Gasteiger partial charge in [0.15, 0.2) is 0 Å². The van der Waals surface area contributed by atoms with E-state index in [0.29, 0.717) is 0 Å². The molecule has 0 aliphatic heterocycles. The van der Waals surface area contributed by atoms with Gasteiger partial charge in [0.25, 0.3) is 0 Å². The summed E-state index contributed by atoms with van der Waals surface area (Å²) in [5.74, 6) is 0. The lowest BCUT2D eigenvalue weighted by Gasteiger charge is -2.26. The number of fused-ring (bicyclic) bond motifs is 6. The summed E-state index contributed by atoms with van der Waals surface area (Å²) in [6.07, 6.45) is 0. The highest BCUT2D eigenvalue weighted by molar-refractivity contribution is 6.12. The Kier molecular flexibility index (Phi) is 9.21. The van der Waals surface area contributed by atoms with Crippen molar-refractivity contribution in [2.75, 3.05) is 4.90 Å². The quantitative estimate of drug-likeness (QED) is 0.152. The highest BCUT2D eigenvalue weighted by Crippen LogP contribution is 2.54. The van der Waals surface area contributed by atoms with E-state index in [4.69, 9.17) is 4.42 Å². The number of para-hydroxylation sites is 1. The van der Waals surface area contributed by atoms with Gasteiger partial charge in [-0.3, -0.25) is 0 Å². The minimum absolute atomic E-state index is 0.172. The van der Waals surface area contributed by atoms with Crippen molar-refractivity contribution in [2.45, 2.75) is 19.3 Å². The number of furan rings is 1. The zero-order valence-corrected chi connectivity index (χ0v) is 36.4. The van der Waals surface area contributed by atoms with E-state index in [1.165, 1.54) is 66.8 Å². The van der Waals surface area contributed by atoms with Gasteiger partial charge in [0.05, 0.1) is 0 Å². The lowest BCUT2D eigenvalue weighted by atomic mass is 9.78. The zero-order valence-electron chi connectivity index (χ0n) is 36.4. The van der Waals surface area contributed by atoms with Gasteiger partial charge < -0.3 is 9.32 Å². The molecule has 0 spiro atoms. The van der Waals surface area contributed by atoms with Crippen LogP contribution in [-0.2, 0) is 5.41 Å². The van der Waals surface area contributed by atoms with Crippen LogP contribution in [0.5, 0.6) is 0 Å². The molecule has 1 aromatic heterocycles. The summed E-state index contributed by atoms with van der Waals surface area (Å²) in [4.78, 5) is 2.37. The molecule has 0 saturated carbocycles. The number of benzene rings is 10. The Morgan fingerprint density at radius 1 is 0.323 bits per heavy atom. The van der Waals surface area contributed by atoms with Gasteiger partial charge in [0, 0.05) is 33.2 Å². The molecule has 1 aliphatic rings. The van der Waals surface area contributed by atoms with Crippen LogP contribution < -0.4 is 4.90 Å². The fraction of sp³-hybridized carbons (Fsp3) is 0.0476. The van der Waals surface area contributed by atoms with Gasteiger partial charge in [-0.15, -0.1) is 0 Å². The molecule has 0 unspecified atom stereocenters. The van der Waals surface area contributed by atoms with E-state index in [-0.39, 0.29) is 5.41 Å². The van der Waals surface area contributed by atoms with E-state index >= 15 is 0 Å². The molecule has 11 aromatic rings. The van der Waals surface area contributed by atoms with Gasteiger partial charge in [-0.2, -0.15) is 0 Å². The number of anilines is 3. The Hall–Kier alpha value is -8.20. The molecule has 65 heavy (non-hydrogen) atoms. The lowest BCUT2D eigenvalue weighted by molar-refractivity contribution is 0.662. The van der Waals surface area contributed by atoms with Crippen molar-refractivity contribution in [1.29, 1.82) is 0 Å². The molecule has 12 rings (SSSR count). The van der Waals surface area contributed by atoms with E-state index in [1.54, 1.807) is 0 Å². The van der Waals surface area contributed by atoms with E-state index in [1.807, 2.05) is 12.1 Å². The van der Waals surface area contributed by atoms with Gasteiger partial charge in [0.1, 0.15) is 11.2 Å². The van der Waals surface area contributed by atoms with Crippen molar-refractivity contribution in [3.05, 3.63) is 248 Å². The molecular formula is C63H45NO. The molecule has 0 N–H and O–H groups in total. The molecule has 2 heteroatoms. The summed E-state index contributed by atoms with van der Waals surface area (Å²) in [6.45, 7) is 4.77. The van der Waals surface area contributed by atoms with Crippen LogP contribution in [0, 0.1) is 0 Å². The van der Waals surface area contributed by atoms with Gasteiger partial charge in [-0.25, -0.2) is 0 Å². The summed E-state index contributed by atoms with van der Waals surface area (Å²) >= 11 is 0. The SMILES string of the molecule is CC1(C)c2ccc(-c3ccc(N(c4ccc(-c5ccccc5)cc4)c4cccc(-c5cccc6oc7ccccc7c56)c4)cc3)cc2-c2cc(-c3ccccc3)cc(-c3ccccc3)c21. The highest BCUT2D eigenvalue weighted by atomic mass is 16.3. The predicted molar refractivity (Wildman–Crippen MR) is 273 cm³/mol. The first-order valence-corrected chi connectivity index (χ1v) is 22.5. The van der Waals surface area contributed by atoms with Crippen molar-refractivity contribution in [2.24, 2.45) is 0 Å². The van der Waals surface area contributed by atoms with Crippen molar-refractivity contribution < 1.29 is 4.42 Å². The van der Waals surface area contributed by atoms with Crippen molar-refractivity contribution >= 4 is 39.0 Å². The molecule has 0 fully saturated rings. The van der Waals surface area contributed by atoms with Crippen molar-refractivity contribution in [1.82, 2.24) is 0 Å². The zero-order chi connectivity index (χ0) is 43.5. The van der Waals surface area contributed by atoms with Crippen LogP contribution in [0.15, 0.2) is 241 Å². The topological polar surface area (TPSA) is 16.4 Å². The molecule has 308 valence electrons. The third kappa shape index (κ3) is 6.65. The molecule has 0 atom stereocenters. The standard InChI is InChI=1S/C63H45NO/c1-63(2)58-37-32-47(39-56(58)57-41-49(43-18-8-4-9-19-43)40-55(62(57)63)46-20-10-5-11-21-46)45-30-35-51(36-31-45)64(50-33-28-44(29-34-50)42-16-6-3-7-17-42)52-23-14-22-48(38-52)53-25-15-27-60-61(53)54-24-12-13-26-59(54)65-60/h3-41H,1-2H3. The molecule has 2 nitrogen and oxygen atoms in total. The fourth-order valence-corrected chi connectivity index (χ4v) is 10.3. The first kappa shape index (κ1) is 38.5. The third-order valence-corrected chi connectivity index (χ3v) is 13.4. The summed E-state index contributed by atoms with van der Waals surface area (Å²) in [5.41, 5.74) is 22.3. The van der Waals surface area contributed by atoms with Gasteiger partial charge in [-0.1, -0.05) is 184 Å². The molecule has 0 saturated heterocycles. The Balaban J connectivity index is 0.960. The molecule has 1 aliphatic carbocycles. The molecule has 10 aromatic carbocycles. The Bertz CT molecular complexity index is 3530. The van der Waals surface area contributed by atoms with Crippen LogP contribution in [0.25, 0.3) is 88.7 Å². The average Bonchev–Trinajstić information content (AvgIpc) is 3.86. The molecular weight excluding hydrogens is 787 g/mol. The highest BCUT2D eigenvalue weighted by Gasteiger charge is 2.38. The Labute approximate surface area is 380 Å². The number of hydrogen-bond donors (Lipinski definition) is 0. The van der Waals surface area contributed by atoms with Gasteiger partial charge in [-0.05, 0) is 145 Å². The normalized spacial score (nSPS) is 12.6. The maximum absolute atomic E-state index is 6.31. The minimum Gasteiger partial charge on any atom is -0.456 e. The van der Waals surface area contributed by atoms with Crippen LogP contribution in [0.1, 0.15) is 25.0 Å². The van der Waals surface area contributed by atoms with Crippen LogP contribution in [0.2, 0.25) is 0 Å². The van der Waals surface area contributed by atoms with Crippen LogP contribution in [0.3, 0.4) is 0 Å². The first-order valence-electron chi connectivity index (χ1n) is 22.5. The summed E-state index contributed by atoms with van der Waals surface area (Å²) in [6, 6.07) is 85.8. The molecule has 0 amide bonds. The second-order valence-electron chi connectivity index (χ2n) is 17.7. The smallest absolute Gasteiger partial charge is 0.136 e. The average molecular weight is 832 g/mol. The Morgan fingerprint density at radius 2 is 0.831 bits per heavy atom. The predicted octanol–water partition coefficient (Wildman–Crippen LogP) is 17.7. The second-order valence-corrected chi connectivity index (χ2v) is 17.7. The minimum atomic E-state index is -0.172. The second kappa shape index (κ2) is 15.6. The Morgan fingerprint density at radius 3 is 1.52 bits per heavy atom. The van der Waals surface area contributed by atoms with Crippen LogP contribution in [-0.4, -0.2) is 0 Å². The summed E-state index contributed by atoms with van der Waals surface area (Å²) < 4.78 is 6.31. The fourth-order valence-electron chi connectivity index (χ4n) is 10.3. The van der Waals surface area contributed by atoms with Gasteiger partial charge in [0.2, 0.25) is 0 Å². The van der Waals surface area contributed by atoms with E-state index in [9.17, 15) is 0 Å². The van der Waals surface area contributed by atoms with Gasteiger partial charge >= 0.3 is 0 Å². The van der Waals surface area contributed by atoms with Crippen LogP contribution >= 0.6 is 0 Å². The molecule has 0 bridgehead atoms. The maximum Gasteiger partial charge on any atom is 0.136 e. The van der Waals surface area contributed by atoms with E-state index in [2.05, 4.69) is 243 Å². The van der Waals surface area contributed by atoms with Crippen molar-refractivity contribution in [3.8, 4) is 66.8 Å². The molecule has 1 heterocycles. The maximum atomic E-state index is 6.31.